The summed E-state index contributed by atoms with van der Waals surface area (Å²) in [6, 6.07) is 19.3. The second kappa shape index (κ2) is 9.35. The Morgan fingerprint density at radius 3 is 1.68 bits per heavy atom. The zero-order valence-corrected chi connectivity index (χ0v) is 15.1. The predicted molar refractivity (Wildman–Crippen MR) is 97.3 cm³/mol. The highest BCUT2D eigenvalue weighted by atomic mass is 16.7. The molecule has 2 aromatic rings. The predicted octanol–water partition coefficient (Wildman–Crippen LogP) is 3.93. The number of ether oxygens (including phenoxy) is 3. The molecule has 0 aliphatic heterocycles. The van der Waals surface area contributed by atoms with Crippen molar-refractivity contribution in [3.8, 4) is 0 Å². The molecule has 0 radical (unpaired) electrons. The minimum atomic E-state index is -0.994. The van der Waals surface area contributed by atoms with Gasteiger partial charge in [0.25, 0.3) is 0 Å². The molecule has 0 unspecified atom stereocenters. The zero-order chi connectivity index (χ0) is 18.1. The van der Waals surface area contributed by atoms with E-state index in [4.69, 9.17) is 14.2 Å². The van der Waals surface area contributed by atoms with Crippen LogP contribution in [0.2, 0.25) is 0 Å². The number of rotatable bonds is 9. The third kappa shape index (κ3) is 4.27. The average Bonchev–Trinajstić information content (AvgIpc) is 2.67. The molecule has 0 spiro atoms. The van der Waals surface area contributed by atoms with E-state index in [1.165, 1.54) is 7.11 Å². The van der Waals surface area contributed by atoms with Crippen molar-refractivity contribution in [3.63, 3.8) is 0 Å². The Morgan fingerprint density at radius 1 is 0.880 bits per heavy atom. The molecule has 0 aliphatic rings. The van der Waals surface area contributed by atoms with Gasteiger partial charge in [0.1, 0.15) is 5.41 Å². The lowest BCUT2D eigenvalue weighted by Gasteiger charge is -2.35. The maximum atomic E-state index is 13.0. The third-order valence-electron chi connectivity index (χ3n) is 4.25. The molecule has 4 heteroatoms. The minimum Gasteiger partial charge on any atom is -0.468 e. The number of hydrogen-bond donors (Lipinski definition) is 0. The zero-order valence-electron chi connectivity index (χ0n) is 15.1. The Morgan fingerprint density at radius 2 is 1.32 bits per heavy atom. The van der Waals surface area contributed by atoms with E-state index in [2.05, 4.69) is 0 Å². The lowest BCUT2D eigenvalue weighted by atomic mass is 9.71. The van der Waals surface area contributed by atoms with Gasteiger partial charge in [-0.3, -0.25) is 4.79 Å². The fraction of sp³-hybridized carbons (Fsp3) is 0.381. The van der Waals surface area contributed by atoms with Crippen LogP contribution in [-0.4, -0.2) is 32.6 Å². The summed E-state index contributed by atoms with van der Waals surface area (Å²) in [6.07, 6.45) is -0.162. The van der Waals surface area contributed by atoms with Crippen LogP contribution in [-0.2, 0) is 24.4 Å². The molecule has 25 heavy (non-hydrogen) atoms. The highest BCUT2D eigenvalue weighted by Gasteiger charge is 2.45. The summed E-state index contributed by atoms with van der Waals surface area (Å²) in [4.78, 5) is 13.0. The second-order valence-corrected chi connectivity index (χ2v) is 5.67. The van der Waals surface area contributed by atoms with Gasteiger partial charge in [-0.2, -0.15) is 0 Å². The van der Waals surface area contributed by atoms with Crippen molar-refractivity contribution < 1.29 is 19.0 Å². The Kier molecular flexibility index (Phi) is 7.16. The fourth-order valence-corrected chi connectivity index (χ4v) is 3.13. The fourth-order valence-electron chi connectivity index (χ4n) is 3.13. The van der Waals surface area contributed by atoms with Crippen LogP contribution < -0.4 is 0 Å². The number of methoxy groups -OCH3 is 1. The molecule has 0 aliphatic carbocycles. The van der Waals surface area contributed by atoms with E-state index in [1.54, 1.807) is 0 Å². The van der Waals surface area contributed by atoms with Gasteiger partial charge in [0, 0.05) is 19.6 Å². The molecule has 2 rings (SSSR count). The molecule has 134 valence electrons. The molecule has 0 atom stereocenters. The number of hydrogen-bond acceptors (Lipinski definition) is 4. The van der Waals surface area contributed by atoms with Crippen molar-refractivity contribution >= 4 is 5.97 Å². The molecule has 0 fully saturated rings. The average molecular weight is 342 g/mol. The third-order valence-corrected chi connectivity index (χ3v) is 4.25. The molecule has 0 bridgehead atoms. The van der Waals surface area contributed by atoms with Gasteiger partial charge in [0.05, 0.1) is 7.11 Å². The van der Waals surface area contributed by atoms with Crippen LogP contribution in [0.3, 0.4) is 0 Å². The van der Waals surface area contributed by atoms with Gasteiger partial charge >= 0.3 is 5.97 Å². The van der Waals surface area contributed by atoms with Gasteiger partial charge in [0.15, 0.2) is 6.29 Å². The van der Waals surface area contributed by atoms with Crippen molar-refractivity contribution in [1.82, 2.24) is 0 Å². The first kappa shape index (κ1) is 19.2. The summed E-state index contributed by atoms with van der Waals surface area (Å²) >= 11 is 0. The standard InChI is InChI=1S/C21H26O4/c1-4-24-19(25-5-2)16-21(20(22)23-3,17-12-8-6-9-13-17)18-14-10-7-11-15-18/h6-15,19H,4-5,16H2,1-3H3. The van der Waals surface area contributed by atoms with Crippen LogP contribution in [0.15, 0.2) is 60.7 Å². The Bertz CT molecular complexity index is 594. The summed E-state index contributed by atoms with van der Waals surface area (Å²) in [5, 5.41) is 0. The van der Waals surface area contributed by atoms with Crippen LogP contribution in [0.4, 0.5) is 0 Å². The van der Waals surface area contributed by atoms with Crippen molar-refractivity contribution in [2.45, 2.75) is 32.0 Å². The van der Waals surface area contributed by atoms with Crippen molar-refractivity contribution in [3.05, 3.63) is 71.8 Å². The van der Waals surface area contributed by atoms with E-state index in [0.29, 0.717) is 19.6 Å². The summed E-state index contributed by atoms with van der Waals surface area (Å²) in [7, 11) is 1.42. The van der Waals surface area contributed by atoms with Crippen LogP contribution in [0.1, 0.15) is 31.4 Å². The van der Waals surface area contributed by atoms with E-state index >= 15 is 0 Å². The molecule has 2 aromatic carbocycles. The van der Waals surface area contributed by atoms with Crippen molar-refractivity contribution in [2.75, 3.05) is 20.3 Å². The molecule has 0 saturated heterocycles. The van der Waals surface area contributed by atoms with Crippen LogP contribution in [0.25, 0.3) is 0 Å². The molecule has 0 amide bonds. The summed E-state index contributed by atoms with van der Waals surface area (Å²) in [5.41, 5.74) is 0.724. The maximum Gasteiger partial charge on any atom is 0.321 e. The lowest BCUT2D eigenvalue weighted by Crippen LogP contribution is -2.42. The molecule has 4 nitrogen and oxygen atoms in total. The SMILES string of the molecule is CCOC(CC(C(=O)OC)(c1ccccc1)c1ccccc1)OCC. The molecule has 0 heterocycles. The number of esters is 1. The van der Waals surface area contributed by atoms with E-state index in [-0.39, 0.29) is 5.97 Å². The van der Waals surface area contributed by atoms with Gasteiger partial charge in [-0.15, -0.1) is 0 Å². The van der Waals surface area contributed by atoms with E-state index in [9.17, 15) is 4.79 Å². The molecule has 0 saturated carbocycles. The summed E-state index contributed by atoms with van der Waals surface area (Å²) < 4.78 is 16.7. The van der Waals surface area contributed by atoms with Gasteiger partial charge < -0.3 is 14.2 Å². The van der Waals surface area contributed by atoms with Crippen LogP contribution >= 0.6 is 0 Å². The largest absolute Gasteiger partial charge is 0.468 e. The van der Waals surface area contributed by atoms with Gasteiger partial charge in [-0.1, -0.05) is 60.7 Å². The minimum absolute atomic E-state index is 0.325. The van der Waals surface area contributed by atoms with Crippen molar-refractivity contribution in [2.24, 2.45) is 0 Å². The molecular formula is C21H26O4. The summed E-state index contributed by atoms with van der Waals surface area (Å²) in [6.45, 7) is 4.84. The number of benzene rings is 2. The quantitative estimate of drug-likeness (QED) is 0.511. The van der Waals surface area contributed by atoms with Gasteiger partial charge in [-0.05, 0) is 25.0 Å². The van der Waals surface area contributed by atoms with E-state index in [1.807, 2.05) is 74.5 Å². The molecular weight excluding hydrogens is 316 g/mol. The number of carbonyl (C=O) groups excluding carboxylic acids is 1. The first-order valence-corrected chi connectivity index (χ1v) is 8.61. The van der Waals surface area contributed by atoms with Gasteiger partial charge in [-0.25, -0.2) is 0 Å². The first-order valence-electron chi connectivity index (χ1n) is 8.61. The molecule has 0 N–H and O–H groups in total. The Labute approximate surface area is 149 Å². The summed E-state index contributed by atoms with van der Waals surface area (Å²) in [5.74, 6) is -0.325. The highest BCUT2D eigenvalue weighted by Crippen LogP contribution is 2.39. The van der Waals surface area contributed by atoms with Crippen LogP contribution in [0, 0.1) is 0 Å². The smallest absolute Gasteiger partial charge is 0.321 e. The number of carbonyl (C=O) groups is 1. The Balaban J connectivity index is 2.61. The van der Waals surface area contributed by atoms with Crippen LogP contribution in [0.5, 0.6) is 0 Å². The maximum absolute atomic E-state index is 13.0. The lowest BCUT2D eigenvalue weighted by molar-refractivity contribution is -0.164. The Hall–Kier alpha value is -2.17. The van der Waals surface area contributed by atoms with E-state index < -0.39 is 11.7 Å². The van der Waals surface area contributed by atoms with E-state index in [0.717, 1.165) is 11.1 Å². The normalized spacial score (nSPS) is 11.5. The molecule has 0 aromatic heterocycles. The topological polar surface area (TPSA) is 44.8 Å². The second-order valence-electron chi connectivity index (χ2n) is 5.67. The first-order chi connectivity index (χ1) is 12.2. The monoisotopic (exact) mass is 342 g/mol. The van der Waals surface area contributed by atoms with Crippen molar-refractivity contribution in [1.29, 1.82) is 0 Å². The highest BCUT2D eigenvalue weighted by molar-refractivity contribution is 5.87. The van der Waals surface area contributed by atoms with Gasteiger partial charge in [0.2, 0.25) is 0 Å².